The van der Waals surface area contributed by atoms with Gasteiger partial charge in [0.15, 0.2) is 0 Å². The number of carbonyl (C=O) groups is 1. The molecule has 2 aliphatic heterocycles. The van der Waals surface area contributed by atoms with Gasteiger partial charge in [0.25, 0.3) is 0 Å². The van der Waals surface area contributed by atoms with E-state index in [2.05, 4.69) is 14.8 Å². The van der Waals surface area contributed by atoms with Crippen LogP contribution in [0.2, 0.25) is 0 Å². The van der Waals surface area contributed by atoms with Gasteiger partial charge in [0.2, 0.25) is 0 Å². The molecule has 1 unspecified atom stereocenters. The van der Waals surface area contributed by atoms with Crippen LogP contribution < -0.4 is 4.90 Å². The Labute approximate surface area is 119 Å². The SMILES string of the molecule is O=C1CCOCC1CN1CCN(c2ccccn2)CC1. The number of piperazine rings is 1. The summed E-state index contributed by atoms with van der Waals surface area (Å²) in [7, 11) is 0. The van der Waals surface area contributed by atoms with Crippen LogP contribution in [-0.2, 0) is 9.53 Å². The van der Waals surface area contributed by atoms with Crippen molar-refractivity contribution in [1.82, 2.24) is 9.88 Å². The number of nitrogens with zero attached hydrogens (tertiary/aromatic N) is 3. The molecule has 5 nitrogen and oxygen atoms in total. The van der Waals surface area contributed by atoms with E-state index < -0.39 is 0 Å². The van der Waals surface area contributed by atoms with Gasteiger partial charge >= 0.3 is 0 Å². The summed E-state index contributed by atoms with van der Waals surface area (Å²) in [6.07, 6.45) is 2.41. The fourth-order valence-electron chi connectivity index (χ4n) is 2.86. The summed E-state index contributed by atoms with van der Waals surface area (Å²) < 4.78 is 5.42. The highest BCUT2D eigenvalue weighted by molar-refractivity contribution is 5.82. The average Bonchev–Trinajstić information content (AvgIpc) is 2.51. The molecular formula is C15H21N3O2. The summed E-state index contributed by atoms with van der Waals surface area (Å²) in [4.78, 5) is 20.9. The summed E-state index contributed by atoms with van der Waals surface area (Å²) in [5.41, 5.74) is 0. The molecule has 0 bridgehead atoms. The van der Waals surface area contributed by atoms with E-state index in [-0.39, 0.29) is 5.92 Å². The van der Waals surface area contributed by atoms with E-state index in [1.54, 1.807) is 0 Å². The summed E-state index contributed by atoms with van der Waals surface area (Å²) in [5.74, 6) is 1.48. The minimum Gasteiger partial charge on any atom is -0.380 e. The van der Waals surface area contributed by atoms with Gasteiger partial charge in [-0.3, -0.25) is 9.69 Å². The van der Waals surface area contributed by atoms with Crippen molar-refractivity contribution >= 4 is 11.6 Å². The van der Waals surface area contributed by atoms with Crippen molar-refractivity contribution in [3.63, 3.8) is 0 Å². The molecule has 0 aromatic carbocycles. The Morgan fingerprint density at radius 3 is 2.80 bits per heavy atom. The second-order valence-electron chi connectivity index (χ2n) is 5.46. The molecule has 20 heavy (non-hydrogen) atoms. The fourth-order valence-corrected chi connectivity index (χ4v) is 2.86. The van der Waals surface area contributed by atoms with Gasteiger partial charge in [-0.1, -0.05) is 6.07 Å². The van der Waals surface area contributed by atoms with Crippen molar-refractivity contribution in [3.05, 3.63) is 24.4 Å². The van der Waals surface area contributed by atoms with Crippen LogP contribution in [0.1, 0.15) is 6.42 Å². The van der Waals surface area contributed by atoms with Crippen molar-refractivity contribution in [3.8, 4) is 0 Å². The van der Waals surface area contributed by atoms with Crippen molar-refractivity contribution in [2.45, 2.75) is 6.42 Å². The van der Waals surface area contributed by atoms with Gasteiger partial charge in [-0.15, -0.1) is 0 Å². The highest BCUT2D eigenvalue weighted by Crippen LogP contribution is 2.16. The zero-order valence-electron chi connectivity index (χ0n) is 11.7. The molecule has 1 atom stereocenters. The number of ether oxygens (including phenoxy) is 1. The normalized spacial score (nSPS) is 24.9. The quantitative estimate of drug-likeness (QED) is 0.817. The van der Waals surface area contributed by atoms with E-state index in [0.29, 0.717) is 25.4 Å². The van der Waals surface area contributed by atoms with Crippen LogP contribution in [0, 0.1) is 5.92 Å². The first-order valence-corrected chi connectivity index (χ1v) is 7.32. The van der Waals surface area contributed by atoms with Gasteiger partial charge < -0.3 is 9.64 Å². The predicted octanol–water partition coefficient (Wildman–Crippen LogP) is 0.809. The van der Waals surface area contributed by atoms with Gasteiger partial charge in [-0.05, 0) is 12.1 Å². The fraction of sp³-hybridized carbons (Fsp3) is 0.600. The van der Waals surface area contributed by atoms with E-state index in [0.717, 1.165) is 38.5 Å². The molecule has 0 N–H and O–H groups in total. The molecule has 2 aliphatic rings. The highest BCUT2D eigenvalue weighted by Gasteiger charge is 2.27. The summed E-state index contributed by atoms with van der Waals surface area (Å²) in [6, 6.07) is 6.01. The number of Topliss-reactive ketones (excluding diaryl/α,β-unsaturated/α-hetero) is 1. The van der Waals surface area contributed by atoms with Gasteiger partial charge in [0.1, 0.15) is 11.6 Å². The van der Waals surface area contributed by atoms with E-state index in [9.17, 15) is 4.79 Å². The molecule has 0 spiro atoms. The lowest BCUT2D eigenvalue weighted by atomic mass is 10.00. The van der Waals surface area contributed by atoms with Crippen LogP contribution in [-0.4, -0.2) is 61.6 Å². The zero-order valence-corrected chi connectivity index (χ0v) is 11.7. The number of ketones is 1. The van der Waals surface area contributed by atoms with E-state index in [1.807, 2.05) is 24.4 Å². The summed E-state index contributed by atoms with van der Waals surface area (Å²) in [6.45, 7) is 5.95. The lowest BCUT2D eigenvalue weighted by Crippen LogP contribution is -2.49. The lowest BCUT2D eigenvalue weighted by molar-refractivity contribution is -0.131. The predicted molar refractivity (Wildman–Crippen MR) is 76.8 cm³/mol. The van der Waals surface area contributed by atoms with Crippen LogP contribution in [0.5, 0.6) is 0 Å². The minimum absolute atomic E-state index is 0.0742. The van der Waals surface area contributed by atoms with E-state index >= 15 is 0 Å². The van der Waals surface area contributed by atoms with Crippen LogP contribution in [0.15, 0.2) is 24.4 Å². The van der Waals surface area contributed by atoms with Crippen molar-refractivity contribution in [2.24, 2.45) is 5.92 Å². The maximum Gasteiger partial charge on any atom is 0.141 e. The molecule has 108 valence electrons. The Kier molecular flexibility index (Phi) is 4.28. The number of anilines is 1. The van der Waals surface area contributed by atoms with Crippen molar-refractivity contribution in [1.29, 1.82) is 0 Å². The zero-order chi connectivity index (χ0) is 13.8. The van der Waals surface area contributed by atoms with E-state index in [4.69, 9.17) is 4.74 Å². The first kappa shape index (κ1) is 13.5. The van der Waals surface area contributed by atoms with Crippen molar-refractivity contribution in [2.75, 3.05) is 50.8 Å². The number of hydrogen-bond donors (Lipinski definition) is 0. The van der Waals surface area contributed by atoms with Crippen LogP contribution >= 0.6 is 0 Å². The molecule has 5 heteroatoms. The maximum absolute atomic E-state index is 11.8. The second-order valence-corrected chi connectivity index (χ2v) is 5.46. The van der Waals surface area contributed by atoms with E-state index in [1.165, 1.54) is 0 Å². The Morgan fingerprint density at radius 2 is 2.10 bits per heavy atom. The van der Waals surface area contributed by atoms with Gasteiger partial charge in [-0.2, -0.15) is 0 Å². The summed E-state index contributed by atoms with van der Waals surface area (Å²) in [5, 5.41) is 0. The number of carbonyl (C=O) groups excluding carboxylic acids is 1. The first-order chi connectivity index (χ1) is 9.83. The molecule has 2 saturated heterocycles. The number of rotatable bonds is 3. The highest BCUT2D eigenvalue weighted by atomic mass is 16.5. The molecule has 1 aromatic rings. The molecule has 2 fully saturated rings. The Hall–Kier alpha value is -1.46. The Balaban J connectivity index is 1.50. The van der Waals surface area contributed by atoms with Crippen molar-refractivity contribution < 1.29 is 9.53 Å². The molecule has 1 aromatic heterocycles. The molecule has 3 rings (SSSR count). The van der Waals surface area contributed by atoms with Crippen LogP contribution in [0.3, 0.4) is 0 Å². The minimum atomic E-state index is 0.0742. The molecular weight excluding hydrogens is 254 g/mol. The number of pyridine rings is 1. The smallest absolute Gasteiger partial charge is 0.141 e. The standard InChI is InChI=1S/C15H21N3O2/c19-14-4-10-20-12-13(14)11-17-6-8-18(9-7-17)15-3-1-2-5-16-15/h1-3,5,13H,4,6-12H2. The molecule has 0 amide bonds. The topological polar surface area (TPSA) is 45.7 Å². The lowest BCUT2D eigenvalue weighted by Gasteiger charge is -2.37. The monoisotopic (exact) mass is 275 g/mol. The second kappa shape index (κ2) is 6.33. The largest absolute Gasteiger partial charge is 0.380 e. The molecule has 0 radical (unpaired) electrons. The first-order valence-electron chi connectivity index (χ1n) is 7.32. The van der Waals surface area contributed by atoms with Gasteiger partial charge in [0, 0.05) is 45.3 Å². The molecule has 0 aliphatic carbocycles. The number of hydrogen-bond acceptors (Lipinski definition) is 5. The third kappa shape index (κ3) is 3.16. The maximum atomic E-state index is 11.8. The van der Waals surface area contributed by atoms with Gasteiger partial charge in [-0.25, -0.2) is 4.98 Å². The molecule has 3 heterocycles. The third-order valence-electron chi connectivity index (χ3n) is 4.09. The average molecular weight is 275 g/mol. The Bertz CT molecular complexity index is 444. The summed E-state index contributed by atoms with van der Waals surface area (Å²) >= 11 is 0. The number of aromatic nitrogens is 1. The van der Waals surface area contributed by atoms with Gasteiger partial charge in [0.05, 0.1) is 19.1 Å². The molecule has 0 saturated carbocycles. The Morgan fingerprint density at radius 1 is 1.25 bits per heavy atom. The van der Waals surface area contributed by atoms with Crippen LogP contribution in [0.25, 0.3) is 0 Å². The third-order valence-corrected chi connectivity index (χ3v) is 4.09. The van der Waals surface area contributed by atoms with Crippen LogP contribution in [0.4, 0.5) is 5.82 Å².